The van der Waals surface area contributed by atoms with Gasteiger partial charge >= 0.3 is 0 Å². The second kappa shape index (κ2) is 5.67. The SMILES string of the molecule is CC(C)(C)C(=O)N1CCC(NC2CCCC2(C)C)CC1. The summed E-state index contributed by atoms with van der Waals surface area (Å²) in [6.07, 6.45) is 6.22. The monoisotopic (exact) mass is 280 g/mol. The molecule has 1 heterocycles. The fourth-order valence-corrected chi connectivity index (χ4v) is 3.64. The lowest BCUT2D eigenvalue weighted by atomic mass is 9.86. The third-order valence-electron chi connectivity index (χ3n) is 5.12. The van der Waals surface area contributed by atoms with Crippen LogP contribution in [-0.2, 0) is 4.79 Å². The Balaban J connectivity index is 1.82. The minimum atomic E-state index is -0.242. The standard InChI is InChI=1S/C17H32N2O/c1-16(2,3)15(20)19-11-8-13(9-12-19)18-14-7-6-10-17(14,4)5/h13-14,18H,6-12H2,1-5H3. The maximum atomic E-state index is 12.3. The van der Waals surface area contributed by atoms with Crippen molar-refractivity contribution in [2.45, 2.75) is 78.8 Å². The molecule has 0 radical (unpaired) electrons. The van der Waals surface area contributed by atoms with Gasteiger partial charge in [0.25, 0.3) is 0 Å². The topological polar surface area (TPSA) is 32.3 Å². The lowest BCUT2D eigenvalue weighted by Crippen LogP contribution is -2.51. The van der Waals surface area contributed by atoms with Gasteiger partial charge in [-0.1, -0.05) is 41.0 Å². The van der Waals surface area contributed by atoms with Crippen molar-refractivity contribution in [1.29, 1.82) is 0 Å². The molecule has 20 heavy (non-hydrogen) atoms. The van der Waals surface area contributed by atoms with Gasteiger partial charge in [0.2, 0.25) is 5.91 Å². The number of hydrogen-bond acceptors (Lipinski definition) is 2. The Morgan fingerprint density at radius 2 is 1.75 bits per heavy atom. The van der Waals surface area contributed by atoms with Crippen LogP contribution in [-0.4, -0.2) is 36.0 Å². The van der Waals surface area contributed by atoms with E-state index in [4.69, 9.17) is 0 Å². The number of rotatable bonds is 2. The van der Waals surface area contributed by atoms with Gasteiger partial charge in [-0.2, -0.15) is 0 Å². The van der Waals surface area contributed by atoms with Gasteiger partial charge in [0.1, 0.15) is 0 Å². The minimum Gasteiger partial charge on any atom is -0.342 e. The van der Waals surface area contributed by atoms with Crippen LogP contribution >= 0.6 is 0 Å². The van der Waals surface area contributed by atoms with Crippen LogP contribution in [0.5, 0.6) is 0 Å². The molecule has 1 unspecified atom stereocenters. The van der Waals surface area contributed by atoms with Crippen molar-refractivity contribution in [3.8, 4) is 0 Å². The van der Waals surface area contributed by atoms with Crippen LogP contribution in [0.15, 0.2) is 0 Å². The van der Waals surface area contributed by atoms with Gasteiger partial charge in [-0.25, -0.2) is 0 Å². The number of piperidine rings is 1. The Bertz CT molecular complexity index is 348. The highest BCUT2D eigenvalue weighted by atomic mass is 16.2. The van der Waals surface area contributed by atoms with Gasteiger partial charge in [-0.3, -0.25) is 4.79 Å². The van der Waals surface area contributed by atoms with E-state index in [-0.39, 0.29) is 5.41 Å². The van der Waals surface area contributed by atoms with Crippen LogP contribution in [0.25, 0.3) is 0 Å². The summed E-state index contributed by atoms with van der Waals surface area (Å²) in [7, 11) is 0. The number of carbonyl (C=O) groups excluding carboxylic acids is 1. The normalized spacial score (nSPS) is 27.9. The molecular formula is C17H32N2O. The smallest absolute Gasteiger partial charge is 0.227 e. The first kappa shape index (κ1) is 15.8. The van der Waals surface area contributed by atoms with E-state index >= 15 is 0 Å². The molecule has 0 aromatic rings. The Morgan fingerprint density at radius 1 is 1.15 bits per heavy atom. The number of nitrogens with one attached hydrogen (secondary N) is 1. The van der Waals surface area contributed by atoms with E-state index in [0.717, 1.165) is 25.9 Å². The van der Waals surface area contributed by atoms with E-state index in [0.29, 0.717) is 23.4 Å². The van der Waals surface area contributed by atoms with Crippen LogP contribution < -0.4 is 5.32 Å². The van der Waals surface area contributed by atoms with Crippen LogP contribution in [0.4, 0.5) is 0 Å². The van der Waals surface area contributed by atoms with Crippen LogP contribution in [0.3, 0.4) is 0 Å². The lowest BCUT2D eigenvalue weighted by Gasteiger charge is -2.39. The second-order valence-electron chi connectivity index (χ2n) is 8.42. The highest BCUT2D eigenvalue weighted by Gasteiger charge is 2.37. The summed E-state index contributed by atoms with van der Waals surface area (Å²) in [6.45, 7) is 12.6. The molecule has 3 heteroatoms. The van der Waals surface area contributed by atoms with Crippen molar-refractivity contribution in [1.82, 2.24) is 10.2 Å². The minimum absolute atomic E-state index is 0.242. The molecule has 1 atom stereocenters. The number of amides is 1. The molecule has 2 aliphatic rings. The van der Waals surface area contributed by atoms with Gasteiger partial charge in [0.15, 0.2) is 0 Å². The van der Waals surface area contributed by atoms with Crippen molar-refractivity contribution in [2.24, 2.45) is 10.8 Å². The highest BCUT2D eigenvalue weighted by Crippen LogP contribution is 2.37. The Morgan fingerprint density at radius 3 is 2.20 bits per heavy atom. The Kier molecular flexibility index (Phi) is 4.48. The predicted octanol–water partition coefficient (Wildman–Crippen LogP) is 3.19. The maximum absolute atomic E-state index is 12.3. The summed E-state index contributed by atoms with van der Waals surface area (Å²) >= 11 is 0. The fraction of sp³-hybridized carbons (Fsp3) is 0.941. The molecule has 1 amide bonds. The van der Waals surface area contributed by atoms with Crippen molar-refractivity contribution < 1.29 is 4.79 Å². The summed E-state index contributed by atoms with van der Waals surface area (Å²) in [6, 6.07) is 1.26. The molecule has 116 valence electrons. The number of hydrogen-bond donors (Lipinski definition) is 1. The van der Waals surface area contributed by atoms with Gasteiger partial charge in [0, 0.05) is 30.6 Å². The molecule has 0 aromatic carbocycles. The Labute approximate surface area is 124 Å². The first-order valence-electron chi connectivity index (χ1n) is 8.25. The molecule has 1 aliphatic carbocycles. The van der Waals surface area contributed by atoms with Gasteiger partial charge in [-0.05, 0) is 31.1 Å². The van der Waals surface area contributed by atoms with E-state index in [1.165, 1.54) is 19.3 Å². The van der Waals surface area contributed by atoms with E-state index in [2.05, 4.69) is 24.1 Å². The van der Waals surface area contributed by atoms with Crippen molar-refractivity contribution in [2.75, 3.05) is 13.1 Å². The summed E-state index contributed by atoms with van der Waals surface area (Å²) in [5, 5.41) is 3.87. The van der Waals surface area contributed by atoms with E-state index in [1.54, 1.807) is 0 Å². The summed E-state index contributed by atoms with van der Waals surface area (Å²) in [5.41, 5.74) is 0.200. The fourth-order valence-electron chi connectivity index (χ4n) is 3.64. The van der Waals surface area contributed by atoms with Gasteiger partial charge < -0.3 is 10.2 Å². The first-order chi connectivity index (χ1) is 9.20. The highest BCUT2D eigenvalue weighted by molar-refractivity contribution is 5.81. The van der Waals surface area contributed by atoms with E-state index < -0.39 is 0 Å². The van der Waals surface area contributed by atoms with Crippen molar-refractivity contribution in [3.05, 3.63) is 0 Å². The largest absolute Gasteiger partial charge is 0.342 e. The lowest BCUT2D eigenvalue weighted by molar-refractivity contribution is -0.140. The van der Waals surface area contributed by atoms with E-state index in [9.17, 15) is 4.79 Å². The first-order valence-corrected chi connectivity index (χ1v) is 8.25. The molecule has 0 aromatic heterocycles. The Hall–Kier alpha value is -0.570. The second-order valence-corrected chi connectivity index (χ2v) is 8.42. The van der Waals surface area contributed by atoms with Crippen LogP contribution in [0, 0.1) is 10.8 Å². The third-order valence-corrected chi connectivity index (χ3v) is 5.12. The maximum Gasteiger partial charge on any atom is 0.227 e. The zero-order valence-corrected chi connectivity index (χ0v) is 14.0. The van der Waals surface area contributed by atoms with Crippen molar-refractivity contribution in [3.63, 3.8) is 0 Å². The predicted molar refractivity (Wildman–Crippen MR) is 83.6 cm³/mol. The summed E-state index contributed by atoms with van der Waals surface area (Å²) in [4.78, 5) is 14.3. The van der Waals surface area contributed by atoms with Gasteiger partial charge in [0.05, 0.1) is 0 Å². The molecule has 1 N–H and O–H groups in total. The number of carbonyl (C=O) groups is 1. The zero-order valence-electron chi connectivity index (χ0n) is 14.0. The molecule has 3 nitrogen and oxygen atoms in total. The van der Waals surface area contributed by atoms with Crippen molar-refractivity contribution >= 4 is 5.91 Å². The summed E-state index contributed by atoms with van der Waals surface area (Å²) < 4.78 is 0. The molecule has 1 saturated heterocycles. The summed E-state index contributed by atoms with van der Waals surface area (Å²) in [5.74, 6) is 0.303. The number of likely N-dealkylation sites (tertiary alicyclic amines) is 1. The van der Waals surface area contributed by atoms with Crippen LogP contribution in [0.1, 0.15) is 66.7 Å². The number of nitrogens with zero attached hydrogens (tertiary/aromatic N) is 1. The zero-order chi connectivity index (χ0) is 15.0. The average molecular weight is 280 g/mol. The van der Waals surface area contributed by atoms with Gasteiger partial charge in [-0.15, -0.1) is 0 Å². The third kappa shape index (κ3) is 3.55. The molecule has 2 rings (SSSR count). The van der Waals surface area contributed by atoms with E-state index in [1.807, 2.05) is 20.8 Å². The molecule has 1 saturated carbocycles. The molecule has 0 bridgehead atoms. The molecule has 2 fully saturated rings. The molecular weight excluding hydrogens is 248 g/mol. The van der Waals surface area contributed by atoms with Crippen LogP contribution in [0.2, 0.25) is 0 Å². The quantitative estimate of drug-likeness (QED) is 0.842. The molecule has 1 aliphatic heterocycles. The molecule has 0 spiro atoms. The average Bonchev–Trinajstić information content (AvgIpc) is 2.68.